The van der Waals surface area contributed by atoms with Crippen molar-refractivity contribution in [2.45, 2.75) is 46.2 Å². The van der Waals surface area contributed by atoms with Gasteiger partial charge in [0.15, 0.2) is 5.40 Å². The van der Waals surface area contributed by atoms with Crippen LogP contribution in [0, 0.1) is 10.1 Å². The number of nitrogens with zero attached hydrogens (tertiary/aromatic N) is 4. The van der Waals surface area contributed by atoms with Gasteiger partial charge in [-0.15, -0.1) is 5.10 Å². The van der Waals surface area contributed by atoms with Gasteiger partial charge in [-0.2, -0.15) is 0 Å². The molecule has 1 aromatic heterocycles. The van der Waals surface area contributed by atoms with Crippen LogP contribution in [0.15, 0.2) is 30.5 Å². The summed E-state index contributed by atoms with van der Waals surface area (Å²) in [5, 5.41) is 17.6. The van der Waals surface area contributed by atoms with E-state index in [-0.39, 0.29) is 51.0 Å². The fourth-order valence-corrected chi connectivity index (χ4v) is 8.21. The van der Waals surface area contributed by atoms with Gasteiger partial charge in [-0.3, -0.25) is 23.9 Å². The zero-order chi connectivity index (χ0) is 25.2. The topological polar surface area (TPSA) is 154 Å². The average molecular weight is 520 g/mol. The molecule has 0 unspecified atom stereocenters. The summed E-state index contributed by atoms with van der Waals surface area (Å²) in [5.41, 5.74) is 0.282. The smallest absolute Gasteiger partial charge is 0.347 e. The number of non-ortho nitro benzene ring substituents is 1. The Bertz CT molecular complexity index is 983. The number of nitro groups is 1. The molecule has 34 heavy (non-hydrogen) atoms. The van der Waals surface area contributed by atoms with Gasteiger partial charge >= 0.3 is 15.2 Å². The van der Waals surface area contributed by atoms with Crippen LogP contribution in [-0.4, -0.2) is 51.7 Å². The number of rotatable bonds is 16. The van der Waals surface area contributed by atoms with Crippen molar-refractivity contribution >= 4 is 20.9 Å². The van der Waals surface area contributed by atoms with Gasteiger partial charge in [-0.25, -0.2) is 0 Å². The molecule has 0 atom stereocenters. The van der Waals surface area contributed by atoms with Crippen molar-refractivity contribution < 1.29 is 36.9 Å². The van der Waals surface area contributed by atoms with Crippen LogP contribution in [0.4, 0.5) is 5.69 Å². The summed E-state index contributed by atoms with van der Waals surface area (Å²) in [6, 6.07) is 5.73. The molecule has 0 spiro atoms. The van der Waals surface area contributed by atoms with Crippen LogP contribution >= 0.6 is 15.2 Å². The SMILES string of the molecule is CCOP(=O)(OCC)C(Cn1cc(COc2cccc([N+](=O)[O-])c2)nn1)P(=O)(OCC)OCC. The van der Waals surface area contributed by atoms with Gasteiger partial charge in [0.05, 0.1) is 50.2 Å². The van der Waals surface area contributed by atoms with Crippen LogP contribution in [0.25, 0.3) is 0 Å². The first-order valence-electron chi connectivity index (χ1n) is 10.7. The van der Waals surface area contributed by atoms with Crippen molar-refractivity contribution in [1.29, 1.82) is 0 Å². The maximum absolute atomic E-state index is 13.6. The number of ether oxygens (including phenoxy) is 1. The highest BCUT2D eigenvalue weighted by molar-refractivity contribution is 7.72. The Kier molecular flexibility index (Phi) is 10.8. The van der Waals surface area contributed by atoms with Crippen LogP contribution in [0.1, 0.15) is 33.4 Å². The summed E-state index contributed by atoms with van der Waals surface area (Å²) in [6.45, 7) is 6.62. The lowest BCUT2D eigenvalue weighted by Crippen LogP contribution is -2.23. The van der Waals surface area contributed by atoms with Crippen LogP contribution in [0.2, 0.25) is 0 Å². The summed E-state index contributed by atoms with van der Waals surface area (Å²) in [6.07, 6.45) is 1.51. The molecule has 13 nitrogen and oxygen atoms in total. The fraction of sp³-hybridized carbons (Fsp3) is 0.579. The molecule has 0 bridgehead atoms. The molecule has 0 N–H and O–H groups in total. The van der Waals surface area contributed by atoms with Gasteiger partial charge in [-0.05, 0) is 33.8 Å². The molecular weight excluding hydrogens is 490 g/mol. The third-order valence-corrected chi connectivity index (χ3v) is 10.3. The third kappa shape index (κ3) is 7.43. The van der Waals surface area contributed by atoms with Crippen molar-refractivity contribution in [2.24, 2.45) is 0 Å². The van der Waals surface area contributed by atoms with E-state index in [1.807, 2.05) is 0 Å². The van der Waals surface area contributed by atoms with Gasteiger partial charge in [0.25, 0.3) is 5.69 Å². The van der Waals surface area contributed by atoms with E-state index >= 15 is 0 Å². The average Bonchev–Trinajstić information content (AvgIpc) is 3.24. The monoisotopic (exact) mass is 520 g/mol. The van der Waals surface area contributed by atoms with Crippen LogP contribution < -0.4 is 4.74 Å². The van der Waals surface area contributed by atoms with Gasteiger partial charge < -0.3 is 22.8 Å². The van der Waals surface area contributed by atoms with Crippen molar-refractivity contribution in [2.75, 3.05) is 26.4 Å². The third-order valence-electron chi connectivity index (χ3n) is 4.32. The Morgan fingerprint density at radius 3 is 2.06 bits per heavy atom. The second kappa shape index (κ2) is 13.1. The minimum Gasteiger partial charge on any atom is -0.487 e. The van der Waals surface area contributed by atoms with Gasteiger partial charge in [0, 0.05) is 6.07 Å². The van der Waals surface area contributed by atoms with E-state index in [4.69, 9.17) is 22.8 Å². The second-order valence-electron chi connectivity index (χ2n) is 6.71. The Morgan fingerprint density at radius 1 is 1.00 bits per heavy atom. The number of aromatic nitrogens is 3. The zero-order valence-electron chi connectivity index (χ0n) is 19.6. The van der Waals surface area contributed by atoms with Gasteiger partial charge in [0.1, 0.15) is 18.1 Å². The quantitative estimate of drug-likeness (QED) is 0.173. The molecule has 1 heterocycles. The van der Waals surface area contributed by atoms with E-state index in [9.17, 15) is 19.2 Å². The Morgan fingerprint density at radius 2 is 1.56 bits per heavy atom. The minimum absolute atomic E-state index is 0.0327. The van der Waals surface area contributed by atoms with E-state index in [1.165, 1.54) is 29.1 Å². The molecule has 0 saturated heterocycles. The molecular formula is C19H30N4O9P2. The summed E-state index contributed by atoms with van der Waals surface area (Å²) in [4.78, 5) is 10.4. The Labute approximate surface area is 197 Å². The normalized spacial score (nSPS) is 12.3. The molecule has 0 amide bonds. The van der Waals surface area contributed by atoms with Crippen molar-refractivity contribution in [3.05, 3.63) is 46.3 Å². The molecule has 2 rings (SSSR count). The molecule has 0 saturated carbocycles. The van der Waals surface area contributed by atoms with Crippen molar-refractivity contribution in [1.82, 2.24) is 15.0 Å². The number of nitro benzene ring substituents is 1. The molecule has 2 aromatic rings. The highest BCUT2D eigenvalue weighted by atomic mass is 31.2. The van der Waals surface area contributed by atoms with E-state index in [1.54, 1.807) is 33.8 Å². The predicted octanol–water partition coefficient (Wildman–Crippen LogP) is 4.62. The zero-order valence-corrected chi connectivity index (χ0v) is 21.4. The molecule has 1 aromatic carbocycles. The first-order chi connectivity index (χ1) is 16.2. The summed E-state index contributed by atoms with van der Waals surface area (Å²) < 4.78 is 55.9. The molecule has 0 aliphatic heterocycles. The van der Waals surface area contributed by atoms with E-state index in [0.29, 0.717) is 5.69 Å². The minimum atomic E-state index is -3.94. The van der Waals surface area contributed by atoms with E-state index in [0.717, 1.165) is 0 Å². The predicted molar refractivity (Wildman–Crippen MR) is 123 cm³/mol. The maximum Gasteiger partial charge on any atom is 0.347 e. The Balaban J connectivity index is 2.26. The molecule has 0 aliphatic carbocycles. The maximum atomic E-state index is 13.6. The number of hydrogen-bond donors (Lipinski definition) is 0. The molecule has 0 fully saturated rings. The highest BCUT2D eigenvalue weighted by Crippen LogP contribution is 2.70. The largest absolute Gasteiger partial charge is 0.487 e. The summed E-state index contributed by atoms with van der Waals surface area (Å²) in [5.74, 6) is 0.288. The van der Waals surface area contributed by atoms with E-state index in [2.05, 4.69) is 10.3 Å². The van der Waals surface area contributed by atoms with Crippen LogP contribution in [0.5, 0.6) is 5.75 Å². The van der Waals surface area contributed by atoms with Gasteiger partial charge in [-0.1, -0.05) is 11.3 Å². The molecule has 15 heteroatoms. The lowest BCUT2D eigenvalue weighted by atomic mass is 10.3. The summed E-state index contributed by atoms with van der Waals surface area (Å²) >= 11 is 0. The summed E-state index contributed by atoms with van der Waals surface area (Å²) in [7, 11) is -7.88. The molecule has 0 radical (unpaired) electrons. The first-order valence-corrected chi connectivity index (χ1v) is 14.0. The van der Waals surface area contributed by atoms with Crippen LogP contribution in [0.3, 0.4) is 0 Å². The first kappa shape index (κ1) is 28.1. The lowest BCUT2D eigenvalue weighted by Gasteiger charge is -2.31. The highest BCUT2D eigenvalue weighted by Gasteiger charge is 2.51. The molecule has 0 aliphatic rings. The second-order valence-corrected chi connectivity index (χ2v) is 11.6. The number of hydrogen-bond acceptors (Lipinski definition) is 11. The van der Waals surface area contributed by atoms with Gasteiger partial charge in [0.2, 0.25) is 0 Å². The van der Waals surface area contributed by atoms with Crippen molar-refractivity contribution in [3.8, 4) is 5.75 Å². The van der Waals surface area contributed by atoms with Crippen molar-refractivity contribution in [3.63, 3.8) is 0 Å². The lowest BCUT2D eigenvalue weighted by molar-refractivity contribution is -0.384. The van der Waals surface area contributed by atoms with E-state index < -0.39 is 25.5 Å². The number of benzene rings is 1. The Hall–Kier alpha value is -2.14. The standard InChI is InChI=1S/C19H30N4O9P2/c1-5-29-33(26,30-6-2)19(34(27,31-7-3)32-8-4)14-22-13-16(20-21-22)15-28-18-11-9-10-17(12-18)23(24)25/h9-13,19H,5-8,14-15H2,1-4H3. The fourth-order valence-electron chi connectivity index (χ4n) is 3.02. The van der Waals surface area contributed by atoms with Crippen LogP contribution in [-0.2, 0) is 40.4 Å². The molecule has 190 valence electrons.